The first kappa shape index (κ1) is 14.8. The van der Waals surface area contributed by atoms with Gasteiger partial charge >= 0.3 is 0 Å². The molecule has 0 aliphatic heterocycles. The van der Waals surface area contributed by atoms with Crippen LogP contribution in [-0.2, 0) is 11.2 Å². The summed E-state index contributed by atoms with van der Waals surface area (Å²) in [6, 6.07) is 5.46. The van der Waals surface area contributed by atoms with Gasteiger partial charge in [-0.15, -0.1) is 0 Å². The van der Waals surface area contributed by atoms with E-state index in [0.29, 0.717) is 23.6 Å². The molecule has 0 radical (unpaired) electrons. The second kappa shape index (κ2) is 7.24. The lowest BCUT2D eigenvalue weighted by Gasteiger charge is -2.08. The van der Waals surface area contributed by atoms with E-state index in [4.69, 9.17) is 21.4 Å². The molecule has 1 aromatic carbocycles. The Kier molecular flexibility index (Phi) is 5.95. The van der Waals surface area contributed by atoms with Gasteiger partial charge in [-0.3, -0.25) is 4.79 Å². The summed E-state index contributed by atoms with van der Waals surface area (Å²) in [5.41, 5.74) is 0.980. The van der Waals surface area contributed by atoms with Crippen LogP contribution in [0.2, 0.25) is 5.02 Å². The molecule has 0 aliphatic carbocycles. The zero-order valence-corrected chi connectivity index (χ0v) is 11.3. The number of aryl methyl sites for hydroxylation is 1. The van der Waals surface area contributed by atoms with Crippen LogP contribution in [0.25, 0.3) is 0 Å². The largest absolute Gasteiger partial charge is 0.495 e. The molecule has 0 unspecified atom stereocenters. The number of carbonyl (C=O) groups excluding carboxylic acids is 1. The number of amides is 1. The summed E-state index contributed by atoms with van der Waals surface area (Å²) in [5.74, 6) is 0.543. The second-order valence-electron chi connectivity index (χ2n) is 4.12. The number of rotatable bonds is 6. The first-order chi connectivity index (χ1) is 8.52. The molecule has 0 spiro atoms. The average Bonchev–Trinajstić information content (AvgIpc) is 2.34. The fourth-order valence-electron chi connectivity index (χ4n) is 1.47. The van der Waals surface area contributed by atoms with Crippen molar-refractivity contribution in [1.29, 1.82) is 0 Å². The van der Waals surface area contributed by atoms with Crippen LogP contribution in [0, 0.1) is 0 Å². The van der Waals surface area contributed by atoms with Gasteiger partial charge in [0.1, 0.15) is 5.75 Å². The Hall–Kier alpha value is -1.26. The van der Waals surface area contributed by atoms with Gasteiger partial charge < -0.3 is 15.2 Å². The smallest absolute Gasteiger partial charge is 0.220 e. The molecular formula is C13H18ClNO3. The Morgan fingerprint density at radius 3 is 2.83 bits per heavy atom. The molecule has 100 valence electrons. The number of ether oxygens (including phenoxy) is 1. The number of hydrogen-bond acceptors (Lipinski definition) is 3. The summed E-state index contributed by atoms with van der Waals surface area (Å²) in [6.07, 6.45) is 0.453. The van der Waals surface area contributed by atoms with Gasteiger partial charge in [-0.2, -0.15) is 0 Å². The minimum atomic E-state index is -0.524. The molecule has 0 saturated carbocycles. The molecule has 18 heavy (non-hydrogen) atoms. The molecule has 0 fully saturated rings. The van der Waals surface area contributed by atoms with Gasteiger partial charge in [0.25, 0.3) is 0 Å². The Bertz CT molecular complexity index is 407. The van der Waals surface area contributed by atoms with Crippen LogP contribution in [0.1, 0.15) is 18.9 Å². The Balaban J connectivity index is 2.43. The highest BCUT2D eigenvalue weighted by Crippen LogP contribution is 2.25. The van der Waals surface area contributed by atoms with Crippen LogP contribution in [-0.4, -0.2) is 30.8 Å². The Labute approximate surface area is 112 Å². The maximum absolute atomic E-state index is 11.4. The summed E-state index contributed by atoms with van der Waals surface area (Å²) in [5, 5.41) is 12.2. The van der Waals surface area contributed by atoms with E-state index in [2.05, 4.69) is 5.32 Å². The number of benzene rings is 1. The minimum Gasteiger partial charge on any atom is -0.495 e. The first-order valence-corrected chi connectivity index (χ1v) is 6.18. The lowest BCUT2D eigenvalue weighted by atomic mass is 10.1. The van der Waals surface area contributed by atoms with Gasteiger partial charge in [0.15, 0.2) is 0 Å². The maximum Gasteiger partial charge on any atom is 0.220 e. The molecule has 2 N–H and O–H groups in total. The van der Waals surface area contributed by atoms with Gasteiger partial charge in [0.05, 0.1) is 18.2 Å². The van der Waals surface area contributed by atoms with E-state index in [1.54, 1.807) is 26.2 Å². The minimum absolute atomic E-state index is 0.0807. The summed E-state index contributed by atoms with van der Waals surface area (Å²) in [7, 11) is 1.56. The highest BCUT2D eigenvalue weighted by molar-refractivity contribution is 6.32. The summed E-state index contributed by atoms with van der Waals surface area (Å²) >= 11 is 5.99. The molecule has 4 nitrogen and oxygen atoms in total. The lowest BCUT2D eigenvalue weighted by molar-refractivity contribution is -0.121. The molecule has 1 aromatic rings. The summed E-state index contributed by atoms with van der Waals surface area (Å²) < 4.78 is 5.05. The van der Waals surface area contributed by atoms with Crippen LogP contribution >= 0.6 is 11.6 Å². The van der Waals surface area contributed by atoms with Gasteiger partial charge in [-0.25, -0.2) is 0 Å². The van der Waals surface area contributed by atoms with E-state index < -0.39 is 6.10 Å². The van der Waals surface area contributed by atoms with Crippen LogP contribution in [0.4, 0.5) is 0 Å². The fraction of sp³-hybridized carbons (Fsp3) is 0.462. The van der Waals surface area contributed by atoms with Crippen molar-refractivity contribution in [3.63, 3.8) is 0 Å². The lowest BCUT2D eigenvalue weighted by Crippen LogP contribution is -2.30. The first-order valence-electron chi connectivity index (χ1n) is 5.80. The van der Waals surface area contributed by atoms with Crippen LogP contribution in [0.15, 0.2) is 18.2 Å². The molecule has 1 rings (SSSR count). The molecule has 1 atom stereocenters. The van der Waals surface area contributed by atoms with Crippen molar-refractivity contribution in [2.45, 2.75) is 25.9 Å². The average molecular weight is 272 g/mol. The predicted molar refractivity (Wildman–Crippen MR) is 71.0 cm³/mol. The topological polar surface area (TPSA) is 58.6 Å². The third-order valence-electron chi connectivity index (χ3n) is 2.45. The van der Waals surface area contributed by atoms with E-state index >= 15 is 0 Å². The zero-order chi connectivity index (χ0) is 13.5. The summed E-state index contributed by atoms with van der Waals surface area (Å²) in [4.78, 5) is 11.4. The van der Waals surface area contributed by atoms with Gasteiger partial charge in [0, 0.05) is 13.0 Å². The normalized spacial score (nSPS) is 12.0. The maximum atomic E-state index is 11.4. The molecule has 0 bridgehead atoms. The highest BCUT2D eigenvalue weighted by Gasteiger charge is 2.06. The van der Waals surface area contributed by atoms with Crippen molar-refractivity contribution in [3.8, 4) is 5.75 Å². The number of aliphatic hydroxyl groups excluding tert-OH is 1. The standard InChI is InChI=1S/C13H18ClNO3/c1-9(16)8-15-13(17)6-4-10-3-5-12(18-2)11(14)7-10/h3,5,7,9,16H,4,6,8H2,1-2H3,(H,15,17)/t9-/m0/s1. The molecule has 0 heterocycles. The van der Waals surface area contributed by atoms with E-state index in [9.17, 15) is 4.79 Å². The number of halogens is 1. The van der Waals surface area contributed by atoms with Crippen LogP contribution in [0.3, 0.4) is 0 Å². The molecule has 1 amide bonds. The third-order valence-corrected chi connectivity index (χ3v) is 2.75. The van der Waals surface area contributed by atoms with Crippen molar-refractivity contribution in [1.82, 2.24) is 5.32 Å². The molecule has 0 aromatic heterocycles. The predicted octanol–water partition coefficient (Wildman–Crippen LogP) is 1.78. The van der Waals surface area contributed by atoms with E-state index in [-0.39, 0.29) is 12.5 Å². The van der Waals surface area contributed by atoms with E-state index in [1.807, 2.05) is 6.07 Å². The highest BCUT2D eigenvalue weighted by atomic mass is 35.5. The summed E-state index contributed by atoms with van der Waals surface area (Å²) in [6.45, 7) is 1.91. The second-order valence-corrected chi connectivity index (χ2v) is 4.53. The van der Waals surface area contributed by atoms with Crippen molar-refractivity contribution < 1.29 is 14.6 Å². The fourth-order valence-corrected chi connectivity index (χ4v) is 1.75. The Morgan fingerprint density at radius 1 is 1.56 bits per heavy atom. The van der Waals surface area contributed by atoms with Crippen LogP contribution in [0.5, 0.6) is 5.75 Å². The van der Waals surface area contributed by atoms with Crippen molar-refractivity contribution >= 4 is 17.5 Å². The molecule has 5 heteroatoms. The van der Waals surface area contributed by atoms with Crippen molar-refractivity contribution in [3.05, 3.63) is 28.8 Å². The van der Waals surface area contributed by atoms with E-state index in [1.165, 1.54) is 0 Å². The van der Waals surface area contributed by atoms with Crippen molar-refractivity contribution in [2.24, 2.45) is 0 Å². The monoisotopic (exact) mass is 271 g/mol. The van der Waals surface area contributed by atoms with Crippen LogP contribution < -0.4 is 10.1 Å². The molecular weight excluding hydrogens is 254 g/mol. The third kappa shape index (κ3) is 4.94. The number of hydrogen-bond donors (Lipinski definition) is 2. The number of nitrogens with one attached hydrogen (secondary N) is 1. The van der Waals surface area contributed by atoms with Gasteiger partial charge in [-0.1, -0.05) is 17.7 Å². The SMILES string of the molecule is COc1ccc(CCC(=O)NC[C@H](C)O)cc1Cl. The zero-order valence-electron chi connectivity index (χ0n) is 10.6. The number of methoxy groups -OCH3 is 1. The van der Waals surface area contributed by atoms with Gasteiger partial charge in [0.2, 0.25) is 5.91 Å². The van der Waals surface area contributed by atoms with Gasteiger partial charge in [-0.05, 0) is 31.0 Å². The van der Waals surface area contributed by atoms with Crippen molar-refractivity contribution in [2.75, 3.05) is 13.7 Å². The van der Waals surface area contributed by atoms with E-state index in [0.717, 1.165) is 5.56 Å². The quantitative estimate of drug-likeness (QED) is 0.829. The number of carbonyl (C=O) groups is 1. The number of aliphatic hydroxyl groups is 1. The Morgan fingerprint density at radius 2 is 2.28 bits per heavy atom. The molecule has 0 saturated heterocycles. The molecule has 0 aliphatic rings.